The fourth-order valence-electron chi connectivity index (χ4n) is 1.50. The molecule has 0 radical (unpaired) electrons. The maximum absolute atomic E-state index is 12.8. The number of halogens is 1. The van der Waals surface area contributed by atoms with Crippen molar-refractivity contribution in [3.63, 3.8) is 0 Å². The summed E-state index contributed by atoms with van der Waals surface area (Å²) in [7, 11) is 0. The average molecular weight is 276 g/mol. The quantitative estimate of drug-likeness (QED) is 0.529. The minimum atomic E-state index is -0.482. The summed E-state index contributed by atoms with van der Waals surface area (Å²) in [6.45, 7) is 0. The molecule has 0 unspecified atom stereocenters. The molecule has 0 atom stereocenters. The maximum atomic E-state index is 12.8. The van der Waals surface area contributed by atoms with Gasteiger partial charge >= 0.3 is 0 Å². The van der Waals surface area contributed by atoms with Crippen LogP contribution in [-0.2, 0) is 0 Å². The van der Waals surface area contributed by atoms with E-state index >= 15 is 0 Å². The minimum absolute atomic E-state index is 0.0271. The first kappa shape index (κ1) is 13.1. The van der Waals surface area contributed by atoms with Crippen molar-refractivity contribution < 1.29 is 9.31 Å². The number of rotatable bonds is 3. The Morgan fingerprint density at radius 3 is 2.53 bits per heavy atom. The Bertz CT molecular complexity index is 629. The van der Waals surface area contributed by atoms with Gasteiger partial charge in [0.1, 0.15) is 10.8 Å². The van der Waals surface area contributed by atoms with Crippen LogP contribution in [0.2, 0.25) is 0 Å². The third-order valence-corrected chi connectivity index (χ3v) is 2.76. The first-order valence-corrected chi connectivity index (χ1v) is 5.78. The molecule has 0 amide bonds. The summed E-state index contributed by atoms with van der Waals surface area (Å²) in [5.41, 5.74) is 1.13. The molecular weight excluding hydrogens is 267 g/mol. The second-order valence-corrected chi connectivity index (χ2v) is 4.18. The second-order valence-electron chi connectivity index (χ2n) is 3.77. The lowest BCUT2D eigenvalue weighted by atomic mass is 10.2. The summed E-state index contributed by atoms with van der Waals surface area (Å²) in [5.74, 6) is -0.341. The molecule has 19 heavy (non-hydrogen) atoms. The van der Waals surface area contributed by atoms with Gasteiger partial charge in [0.15, 0.2) is 0 Å². The van der Waals surface area contributed by atoms with Crippen molar-refractivity contribution in [3.05, 3.63) is 70.0 Å². The summed E-state index contributed by atoms with van der Waals surface area (Å²) in [4.78, 5) is 10.5. The van der Waals surface area contributed by atoms with E-state index in [-0.39, 0.29) is 11.5 Å². The van der Waals surface area contributed by atoms with Crippen LogP contribution in [0.15, 0.2) is 48.5 Å². The normalized spacial score (nSPS) is 9.95. The van der Waals surface area contributed by atoms with Crippen molar-refractivity contribution in [2.75, 3.05) is 5.32 Å². The number of nitro groups is 1. The fraction of sp³-hybridized carbons (Fsp3) is 0. The first-order valence-electron chi connectivity index (χ1n) is 5.37. The average Bonchev–Trinajstić information content (AvgIpc) is 2.41. The molecule has 6 heteroatoms. The van der Waals surface area contributed by atoms with Gasteiger partial charge in [-0.15, -0.1) is 0 Å². The van der Waals surface area contributed by atoms with Crippen LogP contribution in [0.25, 0.3) is 0 Å². The maximum Gasteiger partial charge on any atom is 0.270 e. The van der Waals surface area contributed by atoms with Gasteiger partial charge in [-0.25, -0.2) is 4.39 Å². The zero-order chi connectivity index (χ0) is 13.8. The van der Waals surface area contributed by atoms with E-state index in [2.05, 4.69) is 5.32 Å². The SMILES string of the molecule is O=[N+]([O-])c1cccc(C(=S)Nc2ccc(F)cc2)c1. The van der Waals surface area contributed by atoms with E-state index < -0.39 is 4.92 Å². The minimum Gasteiger partial charge on any atom is -0.346 e. The van der Waals surface area contributed by atoms with E-state index in [1.165, 1.54) is 24.3 Å². The standard InChI is InChI=1S/C13H9FN2O2S/c14-10-4-6-11(7-5-10)15-13(19)9-2-1-3-12(8-9)16(17)18/h1-8H,(H,15,19). The van der Waals surface area contributed by atoms with Crippen molar-refractivity contribution in [1.82, 2.24) is 0 Å². The van der Waals surface area contributed by atoms with Gasteiger partial charge in [0, 0.05) is 23.4 Å². The van der Waals surface area contributed by atoms with E-state index in [0.29, 0.717) is 16.2 Å². The van der Waals surface area contributed by atoms with E-state index in [4.69, 9.17) is 12.2 Å². The summed E-state index contributed by atoms with van der Waals surface area (Å²) in [5, 5.41) is 13.6. The molecule has 96 valence electrons. The van der Waals surface area contributed by atoms with Gasteiger partial charge in [0.2, 0.25) is 0 Å². The van der Waals surface area contributed by atoms with Crippen molar-refractivity contribution in [2.24, 2.45) is 0 Å². The molecule has 0 saturated heterocycles. The zero-order valence-electron chi connectivity index (χ0n) is 9.67. The first-order chi connectivity index (χ1) is 9.06. The van der Waals surface area contributed by atoms with Crippen LogP contribution in [0.4, 0.5) is 15.8 Å². The third-order valence-electron chi connectivity index (χ3n) is 2.42. The lowest BCUT2D eigenvalue weighted by Gasteiger charge is -2.07. The molecule has 0 bridgehead atoms. The highest BCUT2D eigenvalue weighted by atomic mass is 32.1. The Morgan fingerprint density at radius 2 is 1.89 bits per heavy atom. The van der Waals surface area contributed by atoms with E-state index in [1.807, 2.05) is 0 Å². The Morgan fingerprint density at radius 1 is 1.21 bits per heavy atom. The molecular formula is C13H9FN2O2S. The zero-order valence-corrected chi connectivity index (χ0v) is 10.5. The van der Waals surface area contributed by atoms with Gasteiger partial charge in [-0.05, 0) is 24.3 Å². The largest absolute Gasteiger partial charge is 0.346 e. The van der Waals surface area contributed by atoms with Crippen molar-refractivity contribution in [1.29, 1.82) is 0 Å². The van der Waals surface area contributed by atoms with Crippen molar-refractivity contribution in [2.45, 2.75) is 0 Å². The van der Waals surface area contributed by atoms with Crippen LogP contribution < -0.4 is 5.32 Å². The summed E-state index contributed by atoms with van der Waals surface area (Å²) < 4.78 is 12.8. The molecule has 2 aromatic carbocycles. The topological polar surface area (TPSA) is 55.2 Å². The van der Waals surface area contributed by atoms with Crippen LogP contribution in [0.1, 0.15) is 5.56 Å². The summed E-state index contributed by atoms with van der Waals surface area (Å²) in [6.07, 6.45) is 0. The van der Waals surface area contributed by atoms with Crippen LogP contribution >= 0.6 is 12.2 Å². The third kappa shape index (κ3) is 3.32. The number of thiocarbonyl (C=S) groups is 1. The Labute approximate surface area is 114 Å². The van der Waals surface area contributed by atoms with Gasteiger partial charge in [0.25, 0.3) is 5.69 Å². The van der Waals surface area contributed by atoms with Gasteiger partial charge in [-0.1, -0.05) is 24.4 Å². The number of anilines is 1. The highest BCUT2D eigenvalue weighted by molar-refractivity contribution is 7.81. The van der Waals surface area contributed by atoms with Gasteiger partial charge in [-0.3, -0.25) is 10.1 Å². The predicted octanol–water partition coefficient (Wildman–Crippen LogP) is 3.52. The monoisotopic (exact) mass is 276 g/mol. The molecule has 1 N–H and O–H groups in total. The van der Waals surface area contributed by atoms with Crippen LogP contribution in [-0.4, -0.2) is 9.91 Å². The Balaban J connectivity index is 2.18. The highest BCUT2D eigenvalue weighted by Crippen LogP contribution is 2.16. The predicted molar refractivity (Wildman–Crippen MR) is 74.8 cm³/mol. The van der Waals surface area contributed by atoms with Crippen LogP contribution in [0.3, 0.4) is 0 Å². The van der Waals surface area contributed by atoms with E-state index in [1.54, 1.807) is 24.3 Å². The number of nitrogens with zero attached hydrogens (tertiary/aromatic N) is 1. The van der Waals surface area contributed by atoms with Crippen molar-refractivity contribution in [3.8, 4) is 0 Å². The molecule has 0 saturated carbocycles. The number of hydrogen-bond acceptors (Lipinski definition) is 3. The number of benzene rings is 2. The molecule has 0 fully saturated rings. The fourth-order valence-corrected chi connectivity index (χ4v) is 1.74. The van der Waals surface area contributed by atoms with Crippen LogP contribution in [0, 0.1) is 15.9 Å². The lowest BCUT2D eigenvalue weighted by molar-refractivity contribution is -0.384. The molecule has 4 nitrogen and oxygen atoms in total. The highest BCUT2D eigenvalue weighted by Gasteiger charge is 2.08. The van der Waals surface area contributed by atoms with Gasteiger partial charge < -0.3 is 5.32 Å². The molecule has 0 aliphatic heterocycles. The molecule has 0 aromatic heterocycles. The summed E-state index contributed by atoms with van der Waals surface area (Å²) >= 11 is 5.15. The smallest absolute Gasteiger partial charge is 0.270 e. The second kappa shape index (κ2) is 5.53. The van der Waals surface area contributed by atoms with Gasteiger partial charge in [0.05, 0.1) is 4.92 Å². The molecule has 2 rings (SSSR count). The molecule has 2 aromatic rings. The Kier molecular flexibility index (Phi) is 3.82. The number of non-ortho nitro benzene ring substituents is 1. The van der Waals surface area contributed by atoms with Crippen molar-refractivity contribution >= 4 is 28.6 Å². The van der Waals surface area contributed by atoms with Gasteiger partial charge in [-0.2, -0.15) is 0 Å². The van der Waals surface area contributed by atoms with E-state index in [0.717, 1.165) is 0 Å². The molecule has 0 spiro atoms. The molecule has 0 aliphatic rings. The number of nitro benzene ring substituents is 1. The summed E-state index contributed by atoms with van der Waals surface area (Å²) in [6, 6.07) is 11.7. The molecule has 0 aliphatic carbocycles. The number of hydrogen-bond donors (Lipinski definition) is 1. The van der Waals surface area contributed by atoms with E-state index in [9.17, 15) is 14.5 Å². The molecule has 0 heterocycles. The lowest BCUT2D eigenvalue weighted by Crippen LogP contribution is -2.10. The number of nitrogens with one attached hydrogen (secondary N) is 1. The Hall–Kier alpha value is -2.34. The van der Waals surface area contributed by atoms with Crippen LogP contribution in [0.5, 0.6) is 0 Å².